The number of phenols is 1. The van der Waals surface area contributed by atoms with Crippen LogP contribution >= 0.6 is 0 Å². The summed E-state index contributed by atoms with van der Waals surface area (Å²) >= 11 is 0. The van der Waals surface area contributed by atoms with Crippen LogP contribution in [0.1, 0.15) is 36.4 Å². The lowest BCUT2D eigenvalue weighted by molar-refractivity contribution is 0.264. The minimum Gasteiger partial charge on any atom is -0.508 e. The quantitative estimate of drug-likeness (QED) is 0.754. The summed E-state index contributed by atoms with van der Waals surface area (Å²) in [6.45, 7) is 1.90. The number of hydrogen-bond acceptors (Lipinski definition) is 2. The van der Waals surface area contributed by atoms with Crippen LogP contribution in [0.5, 0.6) is 5.75 Å². The fourth-order valence-corrected chi connectivity index (χ4v) is 1.90. The molecule has 2 rings (SSSR count). The number of nitrogens with two attached hydrogens (primary N) is 1. The van der Waals surface area contributed by atoms with Crippen LogP contribution < -0.4 is 5.73 Å². The van der Waals surface area contributed by atoms with Crippen molar-refractivity contribution >= 4 is 0 Å². The normalized spacial score (nSPS) is 19.0. The summed E-state index contributed by atoms with van der Waals surface area (Å²) < 4.78 is 0. The molecule has 3 N–H and O–H groups in total. The zero-order chi connectivity index (χ0) is 10.1. The number of rotatable bonds is 2. The van der Waals surface area contributed by atoms with Crippen LogP contribution in [0.2, 0.25) is 0 Å². The molecule has 0 spiro atoms. The molecule has 2 nitrogen and oxygen atoms in total. The SMILES string of the molecule is Cc1ccc([C@H](N)C2CCC2)cc1O. The number of benzene rings is 1. The second kappa shape index (κ2) is 3.62. The number of aromatic hydroxyl groups is 1. The molecule has 0 amide bonds. The van der Waals surface area contributed by atoms with Crippen molar-refractivity contribution in [3.63, 3.8) is 0 Å². The van der Waals surface area contributed by atoms with Gasteiger partial charge in [0.2, 0.25) is 0 Å². The highest BCUT2D eigenvalue weighted by molar-refractivity contribution is 5.36. The standard InChI is InChI=1S/C12H17NO/c1-8-5-6-10(7-11(8)14)12(13)9-3-2-4-9/h5-7,9,12,14H,2-4,13H2,1H3/t12-/m1/s1. The summed E-state index contributed by atoms with van der Waals surface area (Å²) in [6.07, 6.45) is 3.77. The van der Waals surface area contributed by atoms with Crippen LogP contribution in [0.4, 0.5) is 0 Å². The first-order chi connectivity index (χ1) is 6.68. The first-order valence-electron chi connectivity index (χ1n) is 5.23. The van der Waals surface area contributed by atoms with E-state index >= 15 is 0 Å². The Morgan fingerprint density at radius 2 is 2.14 bits per heavy atom. The first kappa shape index (κ1) is 9.53. The van der Waals surface area contributed by atoms with Gasteiger partial charge in [0.05, 0.1) is 0 Å². The first-order valence-corrected chi connectivity index (χ1v) is 5.23. The summed E-state index contributed by atoms with van der Waals surface area (Å²) in [6, 6.07) is 5.87. The van der Waals surface area contributed by atoms with Crippen molar-refractivity contribution in [2.45, 2.75) is 32.2 Å². The smallest absolute Gasteiger partial charge is 0.118 e. The van der Waals surface area contributed by atoms with Gasteiger partial charge in [0, 0.05) is 6.04 Å². The minimum atomic E-state index is 0.107. The Hall–Kier alpha value is -1.02. The average molecular weight is 191 g/mol. The molecule has 1 saturated carbocycles. The van der Waals surface area contributed by atoms with Crippen molar-refractivity contribution in [2.24, 2.45) is 11.7 Å². The maximum Gasteiger partial charge on any atom is 0.118 e. The highest BCUT2D eigenvalue weighted by Gasteiger charge is 2.25. The van der Waals surface area contributed by atoms with E-state index in [1.165, 1.54) is 19.3 Å². The van der Waals surface area contributed by atoms with Crippen molar-refractivity contribution in [3.05, 3.63) is 29.3 Å². The van der Waals surface area contributed by atoms with E-state index in [1.807, 2.05) is 19.1 Å². The fourth-order valence-electron chi connectivity index (χ4n) is 1.90. The van der Waals surface area contributed by atoms with Crippen LogP contribution in [0.15, 0.2) is 18.2 Å². The third kappa shape index (κ3) is 1.62. The van der Waals surface area contributed by atoms with Gasteiger partial charge in [-0.05, 0) is 42.9 Å². The molecular formula is C12H17NO. The van der Waals surface area contributed by atoms with E-state index < -0.39 is 0 Å². The van der Waals surface area contributed by atoms with Crippen molar-refractivity contribution in [3.8, 4) is 5.75 Å². The van der Waals surface area contributed by atoms with Gasteiger partial charge < -0.3 is 10.8 Å². The summed E-state index contributed by atoms with van der Waals surface area (Å²) in [5.74, 6) is 0.981. The molecule has 0 bridgehead atoms. The second-order valence-electron chi connectivity index (χ2n) is 4.26. The van der Waals surface area contributed by atoms with Crippen LogP contribution in [0.3, 0.4) is 0 Å². The molecule has 0 unspecified atom stereocenters. The molecule has 1 aromatic carbocycles. The highest BCUT2D eigenvalue weighted by atomic mass is 16.3. The molecule has 1 fully saturated rings. The lowest BCUT2D eigenvalue weighted by Crippen LogP contribution is -2.26. The fraction of sp³-hybridized carbons (Fsp3) is 0.500. The summed E-state index contributed by atoms with van der Waals surface area (Å²) in [5.41, 5.74) is 8.09. The van der Waals surface area contributed by atoms with Crippen LogP contribution in [0, 0.1) is 12.8 Å². The highest BCUT2D eigenvalue weighted by Crippen LogP contribution is 2.37. The zero-order valence-corrected chi connectivity index (χ0v) is 8.53. The van der Waals surface area contributed by atoms with Crippen molar-refractivity contribution < 1.29 is 5.11 Å². The Bertz CT molecular complexity index is 331. The minimum absolute atomic E-state index is 0.107. The molecule has 0 heterocycles. The second-order valence-corrected chi connectivity index (χ2v) is 4.26. The maximum atomic E-state index is 9.57. The number of hydrogen-bond donors (Lipinski definition) is 2. The number of aryl methyl sites for hydroxylation is 1. The molecule has 1 aliphatic carbocycles. The molecule has 0 aliphatic heterocycles. The van der Waals surface area contributed by atoms with Gasteiger partial charge in [-0.15, -0.1) is 0 Å². The predicted molar refractivity (Wildman–Crippen MR) is 57.1 cm³/mol. The van der Waals surface area contributed by atoms with E-state index in [0.717, 1.165) is 11.1 Å². The average Bonchev–Trinajstić information content (AvgIpc) is 2.06. The van der Waals surface area contributed by atoms with Gasteiger partial charge in [0.1, 0.15) is 5.75 Å². The molecule has 14 heavy (non-hydrogen) atoms. The Balaban J connectivity index is 2.18. The Morgan fingerprint density at radius 1 is 1.43 bits per heavy atom. The summed E-state index contributed by atoms with van der Waals surface area (Å²) in [5, 5.41) is 9.57. The van der Waals surface area contributed by atoms with E-state index in [9.17, 15) is 5.11 Å². The Labute approximate surface area is 84.7 Å². The van der Waals surface area contributed by atoms with Crippen molar-refractivity contribution in [2.75, 3.05) is 0 Å². The van der Waals surface area contributed by atoms with E-state index in [0.29, 0.717) is 11.7 Å². The molecule has 76 valence electrons. The molecule has 0 radical (unpaired) electrons. The van der Waals surface area contributed by atoms with Crippen LogP contribution in [0.25, 0.3) is 0 Å². The molecule has 0 aromatic heterocycles. The Kier molecular flexibility index (Phi) is 2.46. The Morgan fingerprint density at radius 3 is 2.64 bits per heavy atom. The van der Waals surface area contributed by atoms with Gasteiger partial charge in [0.25, 0.3) is 0 Å². The van der Waals surface area contributed by atoms with Gasteiger partial charge in [-0.25, -0.2) is 0 Å². The van der Waals surface area contributed by atoms with Gasteiger partial charge in [-0.1, -0.05) is 18.6 Å². The lowest BCUT2D eigenvalue weighted by Gasteiger charge is -2.31. The number of phenolic OH excluding ortho intramolecular Hbond substituents is 1. The molecule has 2 heteroatoms. The van der Waals surface area contributed by atoms with E-state index in [4.69, 9.17) is 5.73 Å². The zero-order valence-electron chi connectivity index (χ0n) is 8.53. The molecular weight excluding hydrogens is 174 g/mol. The van der Waals surface area contributed by atoms with Gasteiger partial charge in [-0.3, -0.25) is 0 Å². The van der Waals surface area contributed by atoms with E-state index in [1.54, 1.807) is 6.07 Å². The topological polar surface area (TPSA) is 46.2 Å². The third-order valence-electron chi connectivity index (χ3n) is 3.28. The summed E-state index contributed by atoms with van der Waals surface area (Å²) in [4.78, 5) is 0. The predicted octanol–water partition coefficient (Wildman–Crippen LogP) is 2.50. The van der Waals surface area contributed by atoms with Gasteiger partial charge in [-0.2, -0.15) is 0 Å². The lowest BCUT2D eigenvalue weighted by atomic mass is 9.77. The molecule has 1 atom stereocenters. The van der Waals surface area contributed by atoms with Crippen LogP contribution in [-0.4, -0.2) is 5.11 Å². The van der Waals surface area contributed by atoms with E-state index in [2.05, 4.69) is 0 Å². The largest absolute Gasteiger partial charge is 0.508 e. The monoisotopic (exact) mass is 191 g/mol. The molecule has 1 aliphatic rings. The van der Waals surface area contributed by atoms with Gasteiger partial charge >= 0.3 is 0 Å². The third-order valence-corrected chi connectivity index (χ3v) is 3.28. The van der Waals surface area contributed by atoms with E-state index in [-0.39, 0.29) is 6.04 Å². The van der Waals surface area contributed by atoms with Crippen molar-refractivity contribution in [1.29, 1.82) is 0 Å². The molecule has 1 aromatic rings. The summed E-state index contributed by atoms with van der Waals surface area (Å²) in [7, 11) is 0. The van der Waals surface area contributed by atoms with Gasteiger partial charge in [0.15, 0.2) is 0 Å². The molecule has 0 saturated heterocycles. The maximum absolute atomic E-state index is 9.57. The van der Waals surface area contributed by atoms with Crippen LogP contribution in [-0.2, 0) is 0 Å². The van der Waals surface area contributed by atoms with Crippen molar-refractivity contribution in [1.82, 2.24) is 0 Å².